The standard InChI is InChI=1S/C25H32N2O5S/c1-18-15-27(19(2)17-28)33(30,31)25-13-12-22(11-10-21-8-6-5-7-9-21)14-23(25)32-24(18)16-26(4)20(3)29/h5-14,18-19,24,28H,15-17H2,1-4H3/b11-10+/t18-,19+,24+/m1/s1. The van der Waals surface area contributed by atoms with Crippen molar-refractivity contribution >= 4 is 28.1 Å². The van der Waals surface area contributed by atoms with Crippen LogP contribution in [0.3, 0.4) is 0 Å². The summed E-state index contributed by atoms with van der Waals surface area (Å²) in [6, 6.07) is 14.2. The Balaban J connectivity index is 2.06. The van der Waals surface area contributed by atoms with Crippen molar-refractivity contribution in [3.8, 4) is 5.75 Å². The van der Waals surface area contributed by atoms with E-state index in [4.69, 9.17) is 4.74 Å². The molecule has 0 unspecified atom stereocenters. The molecule has 2 aromatic carbocycles. The molecule has 7 nitrogen and oxygen atoms in total. The molecule has 1 heterocycles. The zero-order valence-electron chi connectivity index (χ0n) is 19.5. The lowest BCUT2D eigenvalue weighted by atomic mass is 10.0. The van der Waals surface area contributed by atoms with E-state index in [1.54, 1.807) is 37.1 Å². The lowest BCUT2D eigenvalue weighted by molar-refractivity contribution is -0.129. The molecule has 2 aromatic rings. The third kappa shape index (κ3) is 5.82. The summed E-state index contributed by atoms with van der Waals surface area (Å²) in [7, 11) is -2.20. The van der Waals surface area contributed by atoms with Crippen LogP contribution < -0.4 is 4.74 Å². The van der Waals surface area contributed by atoms with Crippen LogP contribution in [0.4, 0.5) is 0 Å². The fraction of sp³-hybridized carbons (Fsp3) is 0.400. The minimum atomic E-state index is -3.90. The van der Waals surface area contributed by atoms with Crippen LogP contribution in [0.15, 0.2) is 53.4 Å². The van der Waals surface area contributed by atoms with Gasteiger partial charge in [-0.05, 0) is 30.2 Å². The van der Waals surface area contributed by atoms with Gasteiger partial charge in [-0.15, -0.1) is 0 Å². The van der Waals surface area contributed by atoms with Gasteiger partial charge in [0.2, 0.25) is 15.9 Å². The normalized spacial score (nSPS) is 21.5. The van der Waals surface area contributed by atoms with Crippen LogP contribution in [-0.2, 0) is 14.8 Å². The molecular weight excluding hydrogens is 440 g/mol. The molecule has 0 spiro atoms. The van der Waals surface area contributed by atoms with Gasteiger partial charge in [-0.25, -0.2) is 8.42 Å². The molecule has 1 aliphatic heterocycles. The highest BCUT2D eigenvalue weighted by Crippen LogP contribution is 2.34. The van der Waals surface area contributed by atoms with Crippen molar-refractivity contribution < 1.29 is 23.1 Å². The summed E-state index contributed by atoms with van der Waals surface area (Å²) in [5.74, 6) is -0.0677. The Hall–Kier alpha value is -2.68. The van der Waals surface area contributed by atoms with Crippen LogP contribution in [0, 0.1) is 5.92 Å². The number of carbonyl (C=O) groups is 1. The summed E-state index contributed by atoms with van der Waals surface area (Å²) in [5, 5.41) is 9.72. The third-order valence-corrected chi connectivity index (χ3v) is 7.97. The summed E-state index contributed by atoms with van der Waals surface area (Å²) in [6.07, 6.45) is 3.43. The van der Waals surface area contributed by atoms with E-state index in [0.717, 1.165) is 11.1 Å². The Morgan fingerprint density at radius 2 is 1.88 bits per heavy atom. The van der Waals surface area contributed by atoms with E-state index >= 15 is 0 Å². The fourth-order valence-corrected chi connectivity index (χ4v) is 5.54. The number of benzene rings is 2. The van der Waals surface area contributed by atoms with Crippen LogP contribution in [0.1, 0.15) is 31.9 Å². The zero-order chi connectivity index (χ0) is 24.2. The molecule has 1 aliphatic rings. The van der Waals surface area contributed by atoms with Crippen LogP contribution in [0.5, 0.6) is 5.75 Å². The highest BCUT2D eigenvalue weighted by atomic mass is 32.2. The molecule has 33 heavy (non-hydrogen) atoms. The average molecular weight is 473 g/mol. The van der Waals surface area contributed by atoms with Gasteiger partial charge in [0.25, 0.3) is 0 Å². The molecule has 0 bridgehead atoms. The highest BCUT2D eigenvalue weighted by molar-refractivity contribution is 7.89. The number of hydrogen-bond acceptors (Lipinski definition) is 5. The molecule has 1 amide bonds. The van der Waals surface area contributed by atoms with Gasteiger partial charge in [0, 0.05) is 32.5 Å². The number of fused-ring (bicyclic) bond motifs is 1. The number of carbonyl (C=O) groups excluding carboxylic acids is 1. The Kier molecular flexibility index (Phi) is 7.94. The predicted molar refractivity (Wildman–Crippen MR) is 129 cm³/mol. The van der Waals surface area contributed by atoms with Gasteiger partial charge in [0.05, 0.1) is 13.2 Å². The first-order valence-corrected chi connectivity index (χ1v) is 12.5. The van der Waals surface area contributed by atoms with E-state index < -0.39 is 22.2 Å². The van der Waals surface area contributed by atoms with E-state index in [-0.39, 0.29) is 35.6 Å². The molecule has 178 valence electrons. The van der Waals surface area contributed by atoms with E-state index in [1.807, 2.05) is 49.4 Å². The van der Waals surface area contributed by atoms with E-state index in [1.165, 1.54) is 11.2 Å². The smallest absolute Gasteiger partial charge is 0.247 e. The Labute approximate surface area is 196 Å². The molecule has 0 radical (unpaired) electrons. The van der Waals surface area contributed by atoms with Crippen molar-refractivity contribution in [3.05, 3.63) is 59.7 Å². The number of aliphatic hydroxyl groups is 1. The fourth-order valence-electron chi connectivity index (χ4n) is 3.72. The quantitative estimate of drug-likeness (QED) is 0.653. The topological polar surface area (TPSA) is 87.2 Å². The molecule has 0 saturated carbocycles. The van der Waals surface area contributed by atoms with Gasteiger partial charge in [-0.3, -0.25) is 4.79 Å². The number of aliphatic hydroxyl groups excluding tert-OH is 1. The van der Waals surface area contributed by atoms with Crippen LogP contribution >= 0.6 is 0 Å². The second kappa shape index (κ2) is 10.5. The lowest BCUT2D eigenvalue weighted by Gasteiger charge is -2.37. The van der Waals surface area contributed by atoms with Crippen LogP contribution in [0.25, 0.3) is 12.2 Å². The van der Waals surface area contributed by atoms with Gasteiger partial charge in [-0.2, -0.15) is 4.31 Å². The Morgan fingerprint density at radius 1 is 1.21 bits per heavy atom. The van der Waals surface area contributed by atoms with Crippen molar-refractivity contribution in [2.24, 2.45) is 5.92 Å². The summed E-state index contributed by atoms with van der Waals surface area (Å²) in [5.41, 5.74) is 1.82. The summed E-state index contributed by atoms with van der Waals surface area (Å²) in [6.45, 7) is 5.27. The van der Waals surface area contributed by atoms with Crippen molar-refractivity contribution in [2.45, 2.75) is 37.8 Å². The number of ether oxygens (including phenoxy) is 1. The maximum Gasteiger partial charge on any atom is 0.247 e. The van der Waals surface area contributed by atoms with Gasteiger partial charge in [0.15, 0.2) is 0 Å². The van der Waals surface area contributed by atoms with Crippen molar-refractivity contribution in [3.63, 3.8) is 0 Å². The maximum absolute atomic E-state index is 13.5. The first kappa shape index (κ1) is 25.0. The molecule has 0 fully saturated rings. The van der Waals surface area contributed by atoms with Crippen molar-refractivity contribution in [2.75, 3.05) is 26.7 Å². The minimum absolute atomic E-state index is 0.0574. The van der Waals surface area contributed by atoms with E-state index in [2.05, 4.69) is 0 Å². The maximum atomic E-state index is 13.5. The van der Waals surface area contributed by atoms with E-state index in [0.29, 0.717) is 6.54 Å². The van der Waals surface area contributed by atoms with E-state index in [9.17, 15) is 18.3 Å². The zero-order valence-corrected chi connectivity index (χ0v) is 20.3. The number of sulfonamides is 1. The van der Waals surface area contributed by atoms with Crippen molar-refractivity contribution in [1.82, 2.24) is 9.21 Å². The van der Waals surface area contributed by atoms with Gasteiger partial charge in [-0.1, -0.05) is 55.5 Å². The second-order valence-electron chi connectivity index (χ2n) is 8.59. The molecule has 0 saturated heterocycles. The lowest BCUT2D eigenvalue weighted by Crippen LogP contribution is -2.50. The highest BCUT2D eigenvalue weighted by Gasteiger charge is 2.38. The van der Waals surface area contributed by atoms with Crippen LogP contribution in [0.2, 0.25) is 0 Å². The van der Waals surface area contributed by atoms with Gasteiger partial charge in [0.1, 0.15) is 16.7 Å². The number of likely N-dealkylation sites (N-methyl/N-ethyl adjacent to an activating group) is 1. The summed E-state index contributed by atoms with van der Waals surface area (Å²) >= 11 is 0. The minimum Gasteiger partial charge on any atom is -0.487 e. The van der Waals surface area contributed by atoms with Crippen LogP contribution in [-0.4, -0.2) is 67.5 Å². The van der Waals surface area contributed by atoms with Gasteiger partial charge < -0.3 is 14.7 Å². The number of amides is 1. The summed E-state index contributed by atoms with van der Waals surface area (Å²) in [4.78, 5) is 13.5. The molecule has 1 N–H and O–H groups in total. The van der Waals surface area contributed by atoms with Crippen molar-refractivity contribution in [1.29, 1.82) is 0 Å². The predicted octanol–water partition coefficient (Wildman–Crippen LogP) is 3.10. The molecule has 3 rings (SSSR count). The SMILES string of the molecule is CC(=O)N(C)C[C@@H]1Oc2cc(/C=C/c3ccccc3)ccc2S(=O)(=O)N([C@@H](C)CO)C[C@H]1C. The number of nitrogens with zero attached hydrogens (tertiary/aromatic N) is 2. The Morgan fingerprint density at radius 3 is 2.52 bits per heavy atom. The molecule has 3 atom stereocenters. The average Bonchev–Trinajstić information content (AvgIpc) is 2.79. The summed E-state index contributed by atoms with van der Waals surface area (Å²) < 4.78 is 34.6. The monoisotopic (exact) mass is 472 g/mol. The third-order valence-electron chi connectivity index (χ3n) is 5.95. The van der Waals surface area contributed by atoms with Gasteiger partial charge >= 0.3 is 0 Å². The largest absolute Gasteiger partial charge is 0.487 e. The molecule has 8 heteroatoms. The first-order chi connectivity index (χ1) is 15.6. The molecule has 0 aliphatic carbocycles. The Bertz CT molecular complexity index is 1100. The first-order valence-electron chi connectivity index (χ1n) is 11.0. The molecular formula is C25H32N2O5S. The molecule has 0 aromatic heterocycles. The number of rotatable bonds is 6. The number of hydrogen-bond donors (Lipinski definition) is 1. The second-order valence-corrected chi connectivity index (χ2v) is 10.4.